The van der Waals surface area contributed by atoms with E-state index in [4.69, 9.17) is 9.47 Å². The minimum absolute atomic E-state index is 0.0824. The molecule has 7 nitrogen and oxygen atoms in total. The molecule has 0 saturated heterocycles. The molecule has 0 aromatic heterocycles. The first-order valence-electron chi connectivity index (χ1n) is 18.5. The zero-order chi connectivity index (χ0) is 32.7. The lowest BCUT2D eigenvalue weighted by molar-refractivity contribution is -0.181. The molecule has 44 heavy (non-hydrogen) atoms. The van der Waals surface area contributed by atoms with Crippen molar-refractivity contribution < 1.29 is 33.8 Å². The van der Waals surface area contributed by atoms with Gasteiger partial charge in [0.15, 0.2) is 5.78 Å². The first-order chi connectivity index (χ1) is 21.3. The molecule has 2 atom stereocenters. The summed E-state index contributed by atoms with van der Waals surface area (Å²) in [5.41, 5.74) is 0. The first-order valence-corrected chi connectivity index (χ1v) is 18.5. The predicted molar refractivity (Wildman–Crippen MR) is 179 cm³/mol. The Hall–Kier alpha value is -1.92. The predicted octanol–water partition coefficient (Wildman–Crippen LogP) is 10.4. The molecule has 258 valence electrons. The van der Waals surface area contributed by atoms with Crippen molar-refractivity contribution in [3.63, 3.8) is 0 Å². The van der Waals surface area contributed by atoms with Gasteiger partial charge < -0.3 is 14.6 Å². The molecule has 0 unspecified atom stereocenters. The summed E-state index contributed by atoms with van der Waals surface area (Å²) in [5.74, 6) is -3.45. The van der Waals surface area contributed by atoms with Crippen molar-refractivity contribution in [2.24, 2.45) is 0 Å². The molecule has 0 aromatic carbocycles. The molecule has 0 aliphatic heterocycles. The van der Waals surface area contributed by atoms with Crippen LogP contribution in [0.2, 0.25) is 0 Å². The summed E-state index contributed by atoms with van der Waals surface area (Å²) in [4.78, 5) is 48.7. The number of Topliss-reactive ketones (excluding diaryl/α,β-unsaturated/α-hetero) is 1. The number of carboxylic acid groups (broad SMARTS) is 1. The van der Waals surface area contributed by atoms with Crippen molar-refractivity contribution in [3.8, 4) is 0 Å². The third kappa shape index (κ3) is 26.5. The molecular formula is C37H68O7. The van der Waals surface area contributed by atoms with Crippen molar-refractivity contribution in [3.05, 3.63) is 0 Å². The maximum absolute atomic E-state index is 12.4. The van der Waals surface area contributed by atoms with Gasteiger partial charge in [0.1, 0.15) is 0 Å². The van der Waals surface area contributed by atoms with E-state index < -0.39 is 35.9 Å². The van der Waals surface area contributed by atoms with E-state index in [9.17, 15) is 24.3 Å². The van der Waals surface area contributed by atoms with Crippen molar-refractivity contribution >= 4 is 23.7 Å². The van der Waals surface area contributed by atoms with Crippen LogP contribution in [-0.2, 0) is 28.7 Å². The number of hydrogen-bond donors (Lipinski definition) is 1. The van der Waals surface area contributed by atoms with E-state index >= 15 is 0 Å². The van der Waals surface area contributed by atoms with E-state index in [1.54, 1.807) is 0 Å². The number of carboxylic acids is 1. The third-order valence-electron chi connectivity index (χ3n) is 8.40. The number of aliphatic carboxylic acids is 1. The average molecular weight is 625 g/mol. The van der Waals surface area contributed by atoms with Crippen LogP contribution in [0.15, 0.2) is 0 Å². The Morgan fingerprint density at radius 2 is 0.682 bits per heavy atom. The van der Waals surface area contributed by atoms with Crippen LogP contribution >= 0.6 is 0 Å². The van der Waals surface area contributed by atoms with E-state index in [0.29, 0.717) is 12.8 Å². The summed E-state index contributed by atoms with van der Waals surface area (Å²) in [7, 11) is 0. The largest absolute Gasteiger partial charge is 0.478 e. The maximum Gasteiger partial charge on any atom is 0.349 e. The van der Waals surface area contributed by atoms with Crippen molar-refractivity contribution in [1.29, 1.82) is 0 Å². The normalized spacial score (nSPS) is 12.5. The van der Waals surface area contributed by atoms with Gasteiger partial charge in [0.2, 0.25) is 12.2 Å². The van der Waals surface area contributed by atoms with E-state index in [0.717, 1.165) is 45.4 Å². The van der Waals surface area contributed by atoms with Gasteiger partial charge in [-0.15, -0.1) is 0 Å². The van der Waals surface area contributed by atoms with Gasteiger partial charge in [-0.1, -0.05) is 168 Å². The Kier molecular flexibility index (Phi) is 29.7. The smallest absolute Gasteiger partial charge is 0.349 e. The summed E-state index contributed by atoms with van der Waals surface area (Å²) in [5, 5.41) is 9.62. The van der Waals surface area contributed by atoms with Crippen LogP contribution in [0.4, 0.5) is 0 Å². The highest BCUT2D eigenvalue weighted by molar-refractivity contribution is 5.91. The first kappa shape index (κ1) is 42.1. The molecule has 1 N–H and O–H groups in total. The van der Waals surface area contributed by atoms with Crippen molar-refractivity contribution in [2.45, 2.75) is 213 Å². The number of unbranched alkanes of at least 4 members (excludes halogenated alkanes) is 24. The van der Waals surface area contributed by atoms with E-state index in [2.05, 4.69) is 13.8 Å². The van der Waals surface area contributed by atoms with Crippen LogP contribution in [0.3, 0.4) is 0 Å². The maximum atomic E-state index is 12.4. The van der Waals surface area contributed by atoms with Gasteiger partial charge in [0.25, 0.3) is 0 Å². The van der Waals surface area contributed by atoms with Crippen molar-refractivity contribution in [2.75, 3.05) is 0 Å². The number of ketones is 1. The zero-order valence-electron chi connectivity index (χ0n) is 28.9. The van der Waals surface area contributed by atoms with Crippen LogP contribution in [0.5, 0.6) is 0 Å². The SMILES string of the molecule is CCCCCCCCCCCCCCCC(=O)O[C@H](C(C)=O)[C@H](OC(=O)CCCCCCCCCCCCCCC)C(=O)O. The molecule has 0 aliphatic carbocycles. The molecule has 0 fully saturated rings. The molecule has 0 heterocycles. The second-order valence-corrected chi connectivity index (χ2v) is 12.8. The second-order valence-electron chi connectivity index (χ2n) is 12.8. The van der Waals surface area contributed by atoms with E-state index in [-0.39, 0.29) is 12.8 Å². The highest BCUT2D eigenvalue weighted by Crippen LogP contribution is 2.16. The molecule has 0 radical (unpaired) electrons. The number of carbonyl (C=O) groups excluding carboxylic acids is 3. The van der Waals surface area contributed by atoms with Gasteiger partial charge in [-0.25, -0.2) is 4.79 Å². The molecular weight excluding hydrogens is 556 g/mol. The Balaban J connectivity index is 4.07. The van der Waals surface area contributed by atoms with E-state index in [1.807, 2.05) is 0 Å². The number of hydrogen-bond acceptors (Lipinski definition) is 6. The topological polar surface area (TPSA) is 107 Å². The Morgan fingerprint density at radius 3 is 0.932 bits per heavy atom. The zero-order valence-corrected chi connectivity index (χ0v) is 28.9. The number of rotatable bonds is 33. The second kappa shape index (κ2) is 31.1. The lowest BCUT2D eigenvalue weighted by Gasteiger charge is -2.22. The minimum atomic E-state index is -1.82. The van der Waals surface area contributed by atoms with Gasteiger partial charge in [-0.3, -0.25) is 14.4 Å². The fourth-order valence-corrected chi connectivity index (χ4v) is 5.57. The monoisotopic (exact) mass is 624 g/mol. The summed E-state index contributed by atoms with van der Waals surface area (Å²) >= 11 is 0. The third-order valence-corrected chi connectivity index (χ3v) is 8.40. The molecule has 0 aliphatic rings. The summed E-state index contributed by atoms with van der Waals surface area (Å²) in [6, 6.07) is 0. The molecule has 0 saturated carbocycles. The Bertz CT molecular complexity index is 661. The molecule has 7 heteroatoms. The van der Waals surface area contributed by atoms with Gasteiger partial charge in [0, 0.05) is 12.8 Å². The molecule has 0 spiro atoms. The summed E-state index contributed by atoms with van der Waals surface area (Å²) in [6.45, 7) is 5.63. The fraction of sp³-hybridized carbons (Fsp3) is 0.892. The van der Waals surface area contributed by atoms with Crippen LogP contribution < -0.4 is 0 Å². The van der Waals surface area contributed by atoms with Gasteiger partial charge in [-0.05, 0) is 19.8 Å². The summed E-state index contributed by atoms with van der Waals surface area (Å²) in [6.07, 6.45) is 27.5. The highest BCUT2D eigenvalue weighted by atomic mass is 16.6. The lowest BCUT2D eigenvalue weighted by Crippen LogP contribution is -2.45. The lowest BCUT2D eigenvalue weighted by atomic mass is 10.0. The quantitative estimate of drug-likeness (QED) is 0.0571. The molecule has 0 rings (SSSR count). The minimum Gasteiger partial charge on any atom is -0.478 e. The van der Waals surface area contributed by atoms with Crippen LogP contribution in [0.25, 0.3) is 0 Å². The Morgan fingerprint density at radius 1 is 0.432 bits per heavy atom. The van der Waals surface area contributed by atoms with Crippen LogP contribution in [0.1, 0.15) is 201 Å². The fourth-order valence-electron chi connectivity index (χ4n) is 5.57. The molecule has 0 aromatic rings. The van der Waals surface area contributed by atoms with Crippen molar-refractivity contribution in [1.82, 2.24) is 0 Å². The number of esters is 2. The number of ether oxygens (including phenoxy) is 2. The highest BCUT2D eigenvalue weighted by Gasteiger charge is 2.38. The Labute approximate surface area is 270 Å². The van der Waals surface area contributed by atoms with Gasteiger partial charge >= 0.3 is 17.9 Å². The molecule has 0 amide bonds. The standard InChI is InChI=1S/C37H68O7/c1-4-6-8-10-12-14-16-18-20-22-24-26-28-30-33(39)43-35(32(3)38)36(37(41)42)44-34(40)31-29-27-25-23-21-19-17-15-13-11-9-7-5-2/h35-36H,4-31H2,1-3H3,(H,41,42)/t35-,36+/m1/s1. The number of carbonyl (C=O) groups is 4. The summed E-state index contributed by atoms with van der Waals surface area (Å²) < 4.78 is 10.3. The van der Waals surface area contributed by atoms with Gasteiger partial charge in [0.05, 0.1) is 0 Å². The van der Waals surface area contributed by atoms with Crippen LogP contribution in [0, 0.1) is 0 Å². The molecule has 0 bridgehead atoms. The average Bonchev–Trinajstić information content (AvgIpc) is 2.99. The van der Waals surface area contributed by atoms with Crippen LogP contribution in [-0.4, -0.2) is 41.0 Å². The van der Waals surface area contributed by atoms with Gasteiger partial charge in [-0.2, -0.15) is 0 Å². The van der Waals surface area contributed by atoms with E-state index in [1.165, 1.54) is 116 Å².